The van der Waals surface area contributed by atoms with E-state index in [1.165, 1.54) is 0 Å². The van der Waals surface area contributed by atoms with Crippen molar-refractivity contribution in [2.45, 2.75) is 39.5 Å². The minimum absolute atomic E-state index is 0.116. The van der Waals surface area contributed by atoms with Gasteiger partial charge in [0, 0.05) is 6.42 Å². The van der Waals surface area contributed by atoms with E-state index in [1.54, 1.807) is 6.92 Å². The molecular weight excluding hydrogens is 174 g/mol. The maximum atomic E-state index is 11.0. The molecule has 0 spiro atoms. The van der Waals surface area contributed by atoms with E-state index in [0.717, 1.165) is 24.8 Å². The second-order valence-corrected chi connectivity index (χ2v) is 4.29. The predicted octanol–water partition coefficient (Wildman–Crippen LogP) is 2.85. The van der Waals surface area contributed by atoms with Crippen molar-refractivity contribution in [3.8, 4) is 6.07 Å². The zero-order chi connectivity index (χ0) is 10.6. The number of carbonyl (C=O) groups is 1. The fraction of sp³-hybridized carbons (Fsp3) is 0.667. The van der Waals surface area contributed by atoms with Crippen LogP contribution in [0, 0.1) is 23.2 Å². The normalized spacial score (nSPS) is 27.4. The molecule has 1 aliphatic carbocycles. The molecule has 0 aromatic carbocycles. The van der Waals surface area contributed by atoms with Crippen molar-refractivity contribution >= 4 is 5.78 Å². The number of hydrogen-bond acceptors (Lipinski definition) is 2. The summed E-state index contributed by atoms with van der Waals surface area (Å²) < 4.78 is 0. The van der Waals surface area contributed by atoms with E-state index in [0.29, 0.717) is 12.3 Å². The van der Waals surface area contributed by atoms with Crippen molar-refractivity contribution in [1.29, 1.82) is 5.26 Å². The number of ketones is 1. The standard InChI is InChI=1S/C12H17NO/c1-9-3-4-11(8-13)7-12(5-9)6-10(2)14/h5,9,11H,3-4,6-7H2,1-2H3. The minimum atomic E-state index is 0.116. The van der Waals surface area contributed by atoms with Gasteiger partial charge in [-0.2, -0.15) is 5.26 Å². The second-order valence-electron chi connectivity index (χ2n) is 4.29. The van der Waals surface area contributed by atoms with Crippen molar-refractivity contribution in [2.24, 2.45) is 11.8 Å². The Balaban J connectivity index is 2.69. The minimum Gasteiger partial charge on any atom is -0.300 e. The summed E-state index contributed by atoms with van der Waals surface area (Å²) in [5.41, 5.74) is 1.16. The van der Waals surface area contributed by atoms with Gasteiger partial charge in [0.2, 0.25) is 0 Å². The fourth-order valence-corrected chi connectivity index (χ4v) is 2.00. The summed E-state index contributed by atoms with van der Waals surface area (Å²) in [7, 11) is 0. The summed E-state index contributed by atoms with van der Waals surface area (Å²) in [5.74, 6) is 0.829. The van der Waals surface area contributed by atoms with Gasteiger partial charge < -0.3 is 0 Å². The first kappa shape index (κ1) is 11.0. The number of nitriles is 1. The molecule has 0 aromatic heterocycles. The van der Waals surface area contributed by atoms with E-state index in [4.69, 9.17) is 5.26 Å². The maximum Gasteiger partial charge on any atom is 0.133 e. The van der Waals surface area contributed by atoms with E-state index in [-0.39, 0.29) is 11.7 Å². The van der Waals surface area contributed by atoms with E-state index < -0.39 is 0 Å². The molecule has 0 radical (unpaired) electrons. The Hall–Kier alpha value is -1.10. The zero-order valence-corrected chi connectivity index (χ0v) is 8.92. The van der Waals surface area contributed by atoms with Crippen LogP contribution in [0.4, 0.5) is 0 Å². The Bertz CT molecular complexity index is 285. The molecule has 0 saturated carbocycles. The van der Waals surface area contributed by atoms with Gasteiger partial charge in [-0.3, -0.25) is 4.79 Å². The molecule has 2 heteroatoms. The van der Waals surface area contributed by atoms with E-state index >= 15 is 0 Å². The summed E-state index contributed by atoms with van der Waals surface area (Å²) >= 11 is 0. The number of nitrogens with zero attached hydrogens (tertiary/aromatic N) is 1. The lowest BCUT2D eigenvalue weighted by Gasteiger charge is -2.06. The molecular formula is C12H17NO. The average Bonchev–Trinajstić information content (AvgIpc) is 2.26. The third-order valence-electron chi connectivity index (χ3n) is 2.66. The Morgan fingerprint density at radius 3 is 2.93 bits per heavy atom. The number of rotatable bonds is 2. The zero-order valence-electron chi connectivity index (χ0n) is 8.92. The molecule has 2 atom stereocenters. The molecule has 0 fully saturated rings. The monoisotopic (exact) mass is 191 g/mol. The molecule has 2 unspecified atom stereocenters. The average molecular weight is 191 g/mol. The highest BCUT2D eigenvalue weighted by Crippen LogP contribution is 2.27. The molecule has 1 rings (SSSR count). The lowest BCUT2D eigenvalue weighted by Crippen LogP contribution is -2.00. The largest absolute Gasteiger partial charge is 0.300 e. The Morgan fingerprint density at radius 2 is 2.36 bits per heavy atom. The lowest BCUT2D eigenvalue weighted by molar-refractivity contribution is -0.116. The van der Waals surface area contributed by atoms with Gasteiger partial charge in [0.05, 0.1) is 12.0 Å². The van der Waals surface area contributed by atoms with Crippen molar-refractivity contribution in [3.05, 3.63) is 11.6 Å². The first-order valence-corrected chi connectivity index (χ1v) is 5.20. The Labute approximate surface area is 85.6 Å². The summed E-state index contributed by atoms with van der Waals surface area (Å²) in [5, 5.41) is 8.89. The van der Waals surface area contributed by atoms with Crippen LogP contribution in [0.3, 0.4) is 0 Å². The van der Waals surface area contributed by atoms with Crippen LogP contribution in [0.1, 0.15) is 39.5 Å². The van der Waals surface area contributed by atoms with Crippen LogP contribution in [0.25, 0.3) is 0 Å². The van der Waals surface area contributed by atoms with Crippen LogP contribution in [0.15, 0.2) is 11.6 Å². The number of hydrogen-bond donors (Lipinski definition) is 0. The summed E-state index contributed by atoms with van der Waals surface area (Å²) in [6.07, 6.45) is 5.54. The van der Waals surface area contributed by atoms with Crippen molar-refractivity contribution in [2.75, 3.05) is 0 Å². The molecule has 0 aromatic rings. The van der Waals surface area contributed by atoms with Gasteiger partial charge in [0.25, 0.3) is 0 Å². The van der Waals surface area contributed by atoms with E-state index in [2.05, 4.69) is 19.1 Å². The molecule has 76 valence electrons. The molecule has 0 N–H and O–H groups in total. The Morgan fingerprint density at radius 1 is 1.64 bits per heavy atom. The summed E-state index contributed by atoms with van der Waals surface area (Å²) in [6, 6.07) is 2.32. The molecule has 0 bridgehead atoms. The third kappa shape index (κ3) is 3.33. The van der Waals surface area contributed by atoms with Crippen LogP contribution >= 0.6 is 0 Å². The van der Waals surface area contributed by atoms with E-state index in [1.807, 2.05) is 0 Å². The maximum absolute atomic E-state index is 11.0. The van der Waals surface area contributed by atoms with Gasteiger partial charge in [-0.05, 0) is 32.1 Å². The molecule has 0 saturated heterocycles. The molecule has 0 heterocycles. The predicted molar refractivity (Wildman–Crippen MR) is 55.5 cm³/mol. The van der Waals surface area contributed by atoms with Crippen molar-refractivity contribution in [1.82, 2.24) is 0 Å². The van der Waals surface area contributed by atoms with Gasteiger partial charge in [0.15, 0.2) is 0 Å². The van der Waals surface area contributed by atoms with Gasteiger partial charge in [-0.1, -0.05) is 18.6 Å². The lowest BCUT2D eigenvalue weighted by atomic mass is 9.96. The first-order valence-electron chi connectivity index (χ1n) is 5.20. The van der Waals surface area contributed by atoms with Gasteiger partial charge >= 0.3 is 0 Å². The SMILES string of the molecule is CC(=O)CC1=CC(C)CCC(C#N)C1. The van der Waals surface area contributed by atoms with Crippen molar-refractivity contribution in [3.63, 3.8) is 0 Å². The van der Waals surface area contributed by atoms with Crippen LogP contribution in [0.5, 0.6) is 0 Å². The second kappa shape index (κ2) is 4.95. The van der Waals surface area contributed by atoms with E-state index in [9.17, 15) is 4.79 Å². The number of carbonyl (C=O) groups excluding carboxylic acids is 1. The van der Waals surface area contributed by atoms with Crippen molar-refractivity contribution < 1.29 is 4.79 Å². The van der Waals surface area contributed by atoms with Crippen LogP contribution < -0.4 is 0 Å². The van der Waals surface area contributed by atoms with Crippen LogP contribution in [-0.4, -0.2) is 5.78 Å². The van der Waals surface area contributed by atoms with Crippen LogP contribution in [0.2, 0.25) is 0 Å². The molecule has 14 heavy (non-hydrogen) atoms. The van der Waals surface area contributed by atoms with Gasteiger partial charge in [-0.25, -0.2) is 0 Å². The number of Topliss-reactive ketones (excluding diaryl/α,β-unsaturated/α-hetero) is 1. The summed E-state index contributed by atoms with van der Waals surface area (Å²) in [6.45, 7) is 3.76. The first-order chi connectivity index (χ1) is 6.61. The smallest absolute Gasteiger partial charge is 0.133 e. The third-order valence-corrected chi connectivity index (χ3v) is 2.66. The number of allylic oxidation sites excluding steroid dienone is 2. The topological polar surface area (TPSA) is 40.9 Å². The highest BCUT2D eigenvalue weighted by atomic mass is 16.1. The van der Waals surface area contributed by atoms with Gasteiger partial charge in [-0.15, -0.1) is 0 Å². The quantitative estimate of drug-likeness (QED) is 0.630. The molecule has 2 nitrogen and oxygen atoms in total. The molecule has 1 aliphatic rings. The molecule has 0 aliphatic heterocycles. The van der Waals surface area contributed by atoms with Gasteiger partial charge in [0.1, 0.15) is 5.78 Å². The Kier molecular flexibility index (Phi) is 3.88. The molecule has 0 amide bonds. The highest BCUT2D eigenvalue weighted by molar-refractivity contribution is 5.78. The summed E-state index contributed by atoms with van der Waals surface area (Å²) in [4.78, 5) is 11.0. The van der Waals surface area contributed by atoms with Crippen LogP contribution in [-0.2, 0) is 4.79 Å². The highest BCUT2D eigenvalue weighted by Gasteiger charge is 2.17. The fourth-order valence-electron chi connectivity index (χ4n) is 2.00.